The minimum absolute atomic E-state index is 0.505. The molecule has 0 heterocycles. The lowest BCUT2D eigenvalue weighted by molar-refractivity contribution is -0.00486. The highest BCUT2D eigenvalue weighted by Gasteiger charge is 1.95. The number of anilines is 1. The van der Waals surface area contributed by atoms with Crippen LogP contribution >= 0.6 is 22.6 Å². The van der Waals surface area contributed by atoms with E-state index in [0.29, 0.717) is 52.9 Å². The Morgan fingerprint density at radius 2 is 1.07 bits per heavy atom. The Morgan fingerprint density at radius 1 is 0.593 bits per heavy atom. The highest BCUT2D eigenvalue weighted by Crippen LogP contribution is 2.12. The molecule has 0 saturated carbocycles. The molecule has 0 aromatic heterocycles. The Kier molecular flexibility index (Phi) is 17.0. The molecule has 6 nitrogen and oxygen atoms in total. The quantitative estimate of drug-likeness (QED) is 0.137. The van der Waals surface area contributed by atoms with E-state index in [1.807, 2.05) is 24.3 Å². The van der Waals surface area contributed by atoms with Crippen LogP contribution < -0.4 is 10.5 Å². The third-order valence-corrected chi connectivity index (χ3v) is 4.43. The zero-order valence-corrected chi connectivity index (χ0v) is 18.4. The van der Waals surface area contributed by atoms with Crippen molar-refractivity contribution in [2.45, 2.75) is 25.7 Å². The molecule has 0 saturated heterocycles. The van der Waals surface area contributed by atoms with Crippen molar-refractivity contribution >= 4 is 28.3 Å². The van der Waals surface area contributed by atoms with Crippen molar-refractivity contribution in [3.63, 3.8) is 0 Å². The highest BCUT2D eigenvalue weighted by molar-refractivity contribution is 14.1. The molecule has 1 aromatic carbocycles. The van der Waals surface area contributed by atoms with Gasteiger partial charge in [-0.1, -0.05) is 35.4 Å². The molecule has 156 valence electrons. The third kappa shape index (κ3) is 16.1. The van der Waals surface area contributed by atoms with Crippen molar-refractivity contribution < 1.29 is 23.7 Å². The fourth-order valence-corrected chi connectivity index (χ4v) is 2.74. The zero-order valence-electron chi connectivity index (χ0n) is 16.2. The van der Waals surface area contributed by atoms with E-state index in [2.05, 4.69) is 22.6 Å². The van der Waals surface area contributed by atoms with Gasteiger partial charge in [-0.25, -0.2) is 0 Å². The Morgan fingerprint density at radius 3 is 1.63 bits per heavy atom. The third-order valence-electron chi connectivity index (χ3n) is 3.66. The minimum atomic E-state index is 0.505. The lowest BCUT2D eigenvalue weighted by atomic mass is 10.2. The SMILES string of the molecule is Nc1ccc(OCCOCCOCCOCCOCCCCCCI)cc1. The molecule has 0 radical (unpaired) electrons. The van der Waals surface area contributed by atoms with Gasteiger partial charge in [0.25, 0.3) is 0 Å². The highest BCUT2D eigenvalue weighted by atomic mass is 127. The van der Waals surface area contributed by atoms with E-state index in [1.165, 1.54) is 23.7 Å². The average Bonchev–Trinajstić information content (AvgIpc) is 2.68. The molecule has 0 aliphatic rings. The van der Waals surface area contributed by atoms with Crippen LogP contribution in [0.5, 0.6) is 5.75 Å². The molecule has 27 heavy (non-hydrogen) atoms. The summed E-state index contributed by atoms with van der Waals surface area (Å²) in [6.45, 7) is 5.40. The van der Waals surface area contributed by atoms with Crippen LogP contribution in [-0.4, -0.2) is 63.9 Å². The number of nitrogens with two attached hydrogens (primary N) is 1. The monoisotopic (exact) mass is 495 g/mol. The smallest absolute Gasteiger partial charge is 0.119 e. The first-order valence-electron chi connectivity index (χ1n) is 9.68. The Bertz CT molecular complexity index is 433. The Balaban J connectivity index is 1.71. The van der Waals surface area contributed by atoms with E-state index in [4.69, 9.17) is 29.4 Å². The van der Waals surface area contributed by atoms with Gasteiger partial charge in [-0.2, -0.15) is 0 Å². The summed E-state index contributed by atoms with van der Waals surface area (Å²) in [4.78, 5) is 0. The molecule has 0 atom stereocenters. The fraction of sp³-hybridized carbons (Fsp3) is 0.700. The van der Waals surface area contributed by atoms with Gasteiger partial charge in [-0.15, -0.1) is 0 Å². The molecule has 1 rings (SSSR count). The number of nitrogen functional groups attached to an aromatic ring is 1. The van der Waals surface area contributed by atoms with Crippen LogP contribution in [0, 0.1) is 0 Å². The van der Waals surface area contributed by atoms with E-state index in [1.54, 1.807) is 0 Å². The van der Waals surface area contributed by atoms with Gasteiger partial charge in [0.2, 0.25) is 0 Å². The summed E-state index contributed by atoms with van der Waals surface area (Å²) in [5.41, 5.74) is 6.34. The molecule has 1 aromatic rings. The van der Waals surface area contributed by atoms with Gasteiger partial charge in [0.1, 0.15) is 12.4 Å². The number of rotatable bonds is 19. The van der Waals surface area contributed by atoms with Gasteiger partial charge < -0.3 is 29.4 Å². The molecule has 0 aliphatic carbocycles. The van der Waals surface area contributed by atoms with Gasteiger partial charge >= 0.3 is 0 Å². The molecular formula is C20H34INO5. The van der Waals surface area contributed by atoms with Gasteiger partial charge in [0.05, 0.1) is 46.2 Å². The van der Waals surface area contributed by atoms with Crippen LogP contribution in [0.15, 0.2) is 24.3 Å². The summed E-state index contributed by atoms with van der Waals surface area (Å²) >= 11 is 2.42. The summed E-state index contributed by atoms with van der Waals surface area (Å²) in [6, 6.07) is 7.31. The Hall–Kier alpha value is -0.610. The maximum absolute atomic E-state index is 5.62. The largest absolute Gasteiger partial charge is 0.491 e. The lowest BCUT2D eigenvalue weighted by Gasteiger charge is -2.08. The molecule has 0 fully saturated rings. The van der Waals surface area contributed by atoms with Crippen LogP contribution in [0.3, 0.4) is 0 Å². The number of halogens is 1. The molecule has 7 heteroatoms. The maximum atomic E-state index is 5.62. The summed E-state index contributed by atoms with van der Waals surface area (Å²) in [5.74, 6) is 0.793. The van der Waals surface area contributed by atoms with Crippen LogP contribution in [0.1, 0.15) is 25.7 Å². The predicted octanol–water partition coefficient (Wildman–Crippen LogP) is 3.71. The van der Waals surface area contributed by atoms with Crippen LogP contribution in [0.2, 0.25) is 0 Å². The van der Waals surface area contributed by atoms with E-state index in [0.717, 1.165) is 24.5 Å². The second-order valence-electron chi connectivity index (χ2n) is 5.97. The zero-order chi connectivity index (χ0) is 19.4. The van der Waals surface area contributed by atoms with Gasteiger partial charge in [-0.3, -0.25) is 0 Å². The van der Waals surface area contributed by atoms with Crippen molar-refractivity contribution in [3.8, 4) is 5.75 Å². The normalized spacial score (nSPS) is 11.0. The second kappa shape index (κ2) is 18.7. The summed E-state index contributed by atoms with van der Waals surface area (Å²) in [5, 5.41) is 0. The number of alkyl halides is 1. The number of benzene rings is 1. The van der Waals surface area contributed by atoms with Crippen molar-refractivity contribution in [2.24, 2.45) is 0 Å². The number of ether oxygens (including phenoxy) is 5. The fourth-order valence-electron chi connectivity index (χ4n) is 2.20. The lowest BCUT2D eigenvalue weighted by Crippen LogP contribution is -2.13. The molecule has 0 bridgehead atoms. The molecule has 0 aliphatic heterocycles. The van der Waals surface area contributed by atoms with Crippen LogP contribution in [0.25, 0.3) is 0 Å². The Labute approximate surface area is 177 Å². The second-order valence-corrected chi connectivity index (χ2v) is 7.05. The summed E-state index contributed by atoms with van der Waals surface area (Å²) < 4.78 is 28.7. The first-order valence-corrected chi connectivity index (χ1v) is 11.2. The maximum Gasteiger partial charge on any atom is 0.119 e. The predicted molar refractivity (Wildman–Crippen MR) is 117 cm³/mol. The number of unbranched alkanes of at least 4 members (excludes halogenated alkanes) is 3. The van der Waals surface area contributed by atoms with Crippen LogP contribution in [-0.2, 0) is 18.9 Å². The van der Waals surface area contributed by atoms with E-state index in [-0.39, 0.29) is 0 Å². The molecule has 2 N–H and O–H groups in total. The summed E-state index contributed by atoms with van der Waals surface area (Å²) in [6.07, 6.45) is 5.02. The number of hydrogen-bond acceptors (Lipinski definition) is 6. The van der Waals surface area contributed by atoms with Gasteiger partial charge in [-0.05, 0) is 41.5 Å². The molecular weight excluding hydrogens is 461 g/mol. The standard InChI is InChI=1S/C20H34INO5/c21-9-3-1-2-4-10-23-11-12-24-13-14-25-15-16-26-17-18-27-20-7-5-19(22)6-8-20/h5-8H,1-4,9-18,22H2. The average molecular weight is 495 g/mol. The molecule has 0 amide bonds. The molecule has 0 unspecified atom stereocenters. The topological polar surface area (TPSA) is 72.2 Å². The van der Waals surface area contributed by atoms with E-state index >= 15 is 0 Å². The summed E-state index contributed by atoms with van der Waals surface area (Å²) in [7, 11) is 0. The van der Waals surface area contributed by atoms with E-state index < -0.39 is 0 Å². The molecule has 0 spiro atoms. The van der Waals surface area contributed by atoms with Crippen molar-refractivity contribution in [1.29, 1.82) is 0 Å². The number of hydrogen-bond donors (Lipinski definition) is 1. The van der Waals surface area contributed by atoms with E-state index in [9.17, 15) is 0 Å². The van der Waals surface area contributed by atoms with Gasteiger partial charge in [0.15, 0.2) is 0 Å². The van der Waals surface area contributed by atoms with Gasteiger partial charge in [0, 0.05) is 12.3 Å². The van der Waals surface area contributed by atoms with Crippen molar-refractivity contribution in [2.75, 3.05) is 69.6 Å². The van der Waals surface area contributed by atoms with Crippen molar-refractivity contribution in [1.82, 2.24) is 0 Å². The van der Waals surface area contributed by atoms with Crippen molar-refractivity contribution in [3.05, 3.63) is 24.3 Å². The minimum Gasteiger partial charge on any atom is -0.491 e. The first kappa shape index (κ1) is 24.4. The van der Waals surface area contributed by atoms with Crippen LogP contribution in [0.4, 0.5) is 5.69 Å². The first-order chi connectivity index (χ1) is 13.3.